The van der Waals surface area contributed by atoms with E-state index in [9.17, 15) is 9.59 Å². The second-order valence-electron chi connectivity index (χ2n) is 8.84. The van der Waals surface area contributed by atoms with Gasteiger partial charge < -0.3 is 35.2 Å². The van der Waals surface area contributed by atoms with Crippen molar-refractivity contribution >= 4 is 23.5 Å². The quantitative estimate of drug-likeness (QED) is 0.0805. The highest BCUT2D eigenvalue weighted by molar-refractivity contribution is 5.91. The van der Waals surface area contributed by atoms with Gasteiger partial charge in [0, 0.05) is 16.9 Å². The zero-order chi connectivity index (χ0) is 28.5. The Morgan fingerprint density at radius 3 is 2.15 bits per heavy atom. The van der Waals surface area contributed by atoms with E-state index in [1.54, 1.807) is 36.4 Å². The summed E-state index contributed by atoms with van der Waals surface area (Å²) in [5.74, 6) is 1.31. The monoisotopic (exact) mass is 542 g/mol. The molecule has 4 aromatic rings. The van der Waals surface area contributed by atoms with Crippen LogP contribution in [0, 0.1) is 6.92 Å². The van der Waals surface area contributed by atoms with E-state index in [2.05, 4.69) is 6.92 Å². The molecule has 0 aromatic heterocycles. The van der Waals surface area contributed by atoms with Crippen LogP contribution in [-0.4, -0.2) is 18.9 Å². The first-order chi connectivity index (χ1) is 19.3. The molecular weight excluding hydrogens is 512 g/mol. The molecule has 0 aliphatic rings. The molecule has 9 heteroatoms. The number of ether oxygens (including phenoxy) is 5. The van der Waals surface area contributed by atoms with Crippen LogP contribution in [0.1, 0.15) is 34.0 Å². The number of carbonyl (C=O) groups is 2. The van der Waals surface area contributed by atoms with E-state index in [4.69, 9.17) is 35.2 Å². The highest BCUT2D eigenvalue weighted by atomic mass is 16.7. The minimum absolute atomic E-state index is 0.0440. The van der Waals surface area contributed by atoms with Crippen molar-refractivity contribution in [3.05, 3.63) is 107 Å². The molecule has 0 heterocycles. The maximum Gasteiger partial charge on any atom is 0.514 e. The normalized spacial score (nSPS) is 10.4. The number of esters is 1. The fourth-order valence-corrected chi connectivity index (χ4v) is 3.67. The van der Waals surface area contributed by atoms with E-state index in [-0.39, 0.29) is 24.7 Å². The first-order valence-corrected chi connectivity index (χ1v) is 12.6. The van der Waals surface area contributed by atoms with E-state index in [0.29, 0.717) is 28.4 Å². The van der Waals surface area contributed by atoms with Crippen LogP contribution in [0.2, 0.25) is 0 Å². The van der Waals surface area contributed by atoms with Gasteiger partial charge in [-0.3, -0.25) is 0 Å². The number of benzene rings is 4. The molecule has 206 valence electrons. The van der Waals surface area contributed by atoms with E-state index in [1.165, 1.54) is 29.8 Å². The molecule has 4 rings (SSSR count). The summed E-state index contributed by atoms with van der Waals surface area (Å²) in [5.41, 5.74) is 15.4. The average Bonchev–Trinajstić information content (AvgIpc) is 2.95. The standard InChI is InChI=1S/C31H30N2O7/c1-3-21-4-9-25(10-5-21)37-19-38-29-15-13-27(16-20(29)2)39-30(34)22-6-11-26(12-7-22)40-31(35)36-18-23-17-24(32)8-14-28(23)33/h4-17H,3,18-19,32-33H2,1-2H3. The van der Waals surface area contributed by atoms with Gasteiger partial charge in [-0.05, 0) is 97.3 Å². The summed E-state index contributed by atoms with van der Waals surface area (Å²) < 4.78 is 27.1. The van der Waals surface area contributed by atoms with Gasteiger partial charge in [-0.2, -0.15) is 0 Å². The fraction of sp³-hybridized carbons (Fsp3) is 0.161. The van der Waals surface area contributed by atoms with Gasteiger partial charge in [0.1, 0.15) is 29.6 Å². The van der Waals surface area contributed by atoms with Crippen molar-refractivity contribution in [2.24, 2.45) is 0 Å². The topological polar surface area (TPSA) is 132 Å². The van der Waals surface area contributed by atoms with E-state index >= 15 is 0 Å². The Bertz CT molecular complexity index is 1470. The minimum Gasteiger partial charge on any atom is -0.458 e. The van der Waals surface area contributed by atoms with Crippen LogP contribution in [0.3, 0.4) is 0 Å². The molecule has 0 saturated heterocycles. The van der Waals surface area contributed by atoms with Gasteiger partial charge in [0.2, 0.25) is 6.79 Å². The third-order valence-electron chi connectivity index (χ3n) is 5.93. The number of hydrogen-bond donors (Lipinski definition) is 2. The van der Waals surface area contributed by atoms with E-state index in [1.807, 2.05) is 31.2 Å². The molecule has 4 aromatic carbocycles. The summed E-state index contributed by atoms with van der Waals surface area (Å²) in [6.45, 7) is 3.89. The Labute approximate surface area is 232 Å². The Kier molecular flexibility index (Phi) is 9.09. The second-order valence-corrected chi connectivity index (χ2v) is 8.84. The van der Waals surface area contributed by atoms with Crippen LogP contribution in [0.4, 0.5) is 16.2 Å². The predicted molar refractivity (Wildman–Crippen MR) is 151 cm³/mol. The maximum absolute atomic E-state index is 12.6. The summed E-state index contributed by atoms with van der Waals surface area (Å²) in [4.78, 5) is 24.6. The van der Waals surface area contributed by atoms with Crippen LogP contribution < -0.4 is 30.4 Å². The summed E-state index contributed by atoms with van der Waals surface area (Å²) in [6, 6.07) is 23.7. The maximum atomic E-state index is 12.6. The summed E-state index contributed by atoms with van der Waals surface area (Å²) in [6.07, 6.45) is 0.0427. The smallest absolute Gasteiger partial charge is 0.458 e. The van der Waals surface area contributed by atoms with Gasteiger partial charge in [0.25, 0.3) is 0 Å². The van der Waals surface area contributed by atoms with Crippen LogP contribution in [0.25, 0.3) is 0 Å². The Morgan fingerprint density at radius 1 is 0.750 bits per heavy atom. The number of aryl methyl sites for hydroxylation is 2. The Morgan fingerprint density at radius 2 is 1.45 bits per heavy atom. The lowest BCUT2D eigenvalue weighted by molar-refractivity contribution is 0.0734. The van der Waals surface area contributed by atoms with Crippen LogP contribution in [-0.2, 0) is 17.8 Å². The first kappa shape index (κ1) is 27.8. The van der Waals surface area contributed by atoms with Crippen molar-refractivity contribution in [1.29, 1.82) is 0 Å². The van der Waals surface area contributed by atoms with Gasteiger partial charge in [0.15, 0.2) is 0 Å². The first-order valence-electron chi connectivity index (χ1n) is 12.6. The highest BCUT2D eigenvalue weighted by Crippen LogP contribution is 2.25. The van der Waals surface area contributed by atoms with Crippen LogP contribution in [0.5, 0.6) is 23.0 Å². The molecule has 4 N–H and O–H groups in total. The molecule has 9 nitrogen and oxygen atoms in total. The summed E-state index contributed by atoms with van der Waals surface area (Å²) in [5, 5.41) is 0. The zero-order valence-corrected chi connectivity index (χ0v) is 22.2. The number of carbonyl (C=O) groups excluding carboxylic acids is 2. The van der Waals surface area contributed by atoms with Gasteiger partial charge in [-0.1, -0.05) is 19.1 Å². The molecule has 0 saturated carbocycles. The SMILES string of the molecule is CCc1ccc(OCOc2ccc(OC(=O)c3ccc(OC(=O)OCc4cc(N)ccc4N)cc3)cc2C)cc1. The molecule has 40 heavy (non-hydrogen) atoms. The highest BCUT2D eigenvalue weighted by Gasteiger charge is 2.13. The number of anilines is 2. The molecule has 0 aliphatic carbocycles. The van der Waals surface area contributed by atoms with Gasteiger partial charge in [-0.15, -0.1) is 0 Å². The van der Waals surface area contributed by atoms with E-state index in [0.717, 1.165) is 17.7 Å². The minimum atomic E-state index is -0.922. The molecular formula is C31H30N2O7. The zero-order valence-electron chi connectivity index (χ0n) is 22.2. The van der Waals surface area contributed by atoms with E-state index < -0.39 is 12.1 Å². The summed E-state index contributed by atoms with van der Waals surface area (Å²) in [7, 11) is 0. The van der Waals surface area contributed by atoms with Crippen molar-refractivity contribution in [1.82, 2.24) is 0 Å². The molecule has 0 spiro atoms. The Balaban J connectivity index is 1.25. The van der Waals surface area contributed by atoms with Crippen LogP contribution in [0.15, 0.2) is 84.9 Å². The number of rotatable bonds is 10. The van der Waals surface area contributed by atoms with Crippen LogP contribution >= 0.6 is 0 Å². The lowest BCUT2D eigenvalue weighted by atomic mass is 10.2. The number of hydrogen-bond acceptors (Lipinski definition) is 9. The molecule has 0 unspecified atom stereocenters. The molecule has 0 fully saturated rings. The Hall–Kier alpha value is -5.18. The van der Waals surface area contributed by atoms with Crippen molar-refractivity contribution in [3.63, 3.8) is 0 Å². The molecule has 0 aliphatic heterocycles. The summed E-state index contributed by atoms with van der Waals surface area (Å²) >= 11 is 0. The van der Waals surface area contributed by atoms with Crippen molar-refractivity contribution in [3.8, 4) is 23.0 Å². The largest absolute Gasteiger partial charge is 0.514 e. The van der Waals surface area contributed by atoms with Gasteiger partial charge in [-0.25, -0.2) is 9.59 Å². The molecule has 0 bridgehead atoms. The number of nitrogen functional groups attached to an aromatic ring is 2. The predicted octanol–water partition coefficient (Wildman–Crippen LogP) is 6.07. The average molecular weight is 543 g/mol. The lowest BCUT2D eigenvalue weighted by Crippen LogP contribution is -2.12. The lowest BCUT2D eigenvalue weighted by Gasteiger charge is -2.12. The molecule has 0 atom stereocenters. The third kappa shape index (κ3) is 7.67. The van der Waals surface area contributed by atoms with Gasteiger partial charge in [0.05, 0.1) is 5.56 Å². The van der Waals surface area contributed by atoms with Crippen molar-refractivity contribution < 1.29 is 33.3 Å². The number of nitrogens with two attached hydrogens (primary N) is 2. The molecule has 0 amide bonds. The third-order valence-corrected chi connectivity index (χ3v) is 5.93. The van der Waals surface area contributed by atoms with Gasteiger partial charge >= 0.3 is 12.1 Å². The second kappa shape index (κ2) is 13.1. The van der Waals surface area contributed by atoms with Crippen molar-refractivity contribution in [2.75, 3.05) is 18.3 Å². The molecule has 0 radical (unpaired) electrons. The fourth-order valence-electron chi connectivity index (χ4n) is 3.67. The van der Waals surface area contributed by atoms with Crippen molar-refractivity contribution in [2.45, 2.75) is 26.9 Å².